The zero-order valence-electron chi connectivity index (χ0n) is 12.5. The van der Waals surface area contributed by atoms with Gasteiger partial charge < -0.3 is 45.5 Å². The van der Waals surface area contributed by atoms with E-state index in [0.717, 1.165) is 0 Å². The summed E-state index contributed by atoms with van der Waals surface area (Å²) in [5.74, 6) is 0. The van der Waals surface area contributed by atoms with Crippen LogP contribution < -0.4 is 0 Å². The van der Waals surface area contributed by atoms with E-state index < -0.39 is 52.0 Å². The van der Waals surface area contributed by atoms with Crippen molar-refractivity contribution in [3.8, 4) is 0 Å². The number of hydrogen-bond acceptors (Lipinski definition) is 20. The van der Waals surface area contributed by atoms with Crippen LogP contribution in [0, 0.1) is 0 Å². The van der Waals surface area contributed by atoms with Crippen LogP contribution in [0.3, 0.4) is 0 Å². The maximum atomic E-state index is 8.52. The summed E-state index contributed by atoms with van der Waals surface area (Å²) in [5, 5.41) is 0. The first kappa shape index (κ1) is 58.8. The molecule has 0 rings (SSSR count). The summed E-state index contributed by atoms with van der Waals surface area (Å²) < 4.78 is 170. The van der Waals surface area contributed by atoms with Crippen molar-refractivity contribution in [3.05, 3.63) is 0 Å². The van der Waals surface area contributed by atoms with Gasteiger partial charge in [0.1, 0.15) is 0 Å². The molecular formula is Ba2Bi2O20S5. The molecule has 0 saturated carbocycles. The maximum absolute atomic E-state index is 8.52. The Balaban J connectivity index is -0.0000000238. The van der Waals surface area contributed by atoms with Crippen molar-refractivity contribution in [2.24, 2.45) is 0 Å². The molecule has 4 radical (unpaired) electrons. The van der Waals surface area contributed by atoms with Crippen LogP contribution >= 0.6 is 0 Å². The summed E-state index contributed by atoms with van der Waals surface area (Å²) in [6.45, 7) is 0. The van der Waals surface area contributed by atoms with E-state index in [1.54, 1.807) is 0 Å². The standard InChI is InChI=1S/2Ba.2Bi.5H2O4S/c;;;;5*1-5(2,3)4/h;;;;5*(H2,1,2,3,4)/q2*+2;2*+3;;;;;/p-10. The Morgan fingerprint density at radius 2 is 0.276 bits per heavy atom. The van der Waals surface area contributed by atoms with Gasteiger partial charge in [-0.3, -0.25) is 42.1 Å². The van der Waals surface area contributed by atoms with Crippen molar-refractivity contribution in [2.45, 2.75) is 0 Å². The van der Waals surface area contributed by atoms with Gasteiger partial charge in [0, 0.05) is 52.0 Å². The van der Waals surface area contributed by atoms with Gasteiger partial charge in [0.2, 0.25) is 0 Å². The van der Waals surface area contributed by atoms with Crippen LogP contribution in [0.15, 0.2) is 0 Å². The largest absolute Gasteiger partial charge is 3.00 e. The van der Waals surface area contributed by atoms with Crippen molar-refractivity contribution in [1.82, 2.24) is 0 Å². The van der Waals surface area contributed by atoms with Gasteiger partial charge in [-0.25, -0.2) is 0 Å². The third-order valence-electron chi connectivity index (χ3n) is 0. The van der Waals surface area contributed by atoms with E-state index in [-0.39, 0.29) is 150 Å². The average Bonchev–Trinajstić information content (AvgIpc) is 1.79. The first-order valence-corrected chi connectivity index (χ1v) is 10.0. The number of hydrogen-bond donors (Lipinski definition) is 0. The summed E-state index contributed by atoms with van der Waals surface area (Å²) in [6.07, 6.45) is 0. The summed E-state index contributed by atoms with van der Waals surface area (Å²) in [7, 11) is -25.8. The zero-order chi connectivity index (χ0) is 22.5. The van der Waals surface area contributed by atoms with Gasteiger partial charge in [-0.05, 0) is 0 Å². The monoisotopic (exact) mass is 1170 g/mol. The third-order valence-corrected chi connectivity index (χ3v) is 0. The predicted octanol–water partition coefficient (Wildman–Crippen LogP) is -8.21. The molecule has 0 aliphatic carbocycles. The van der Waals surface area contributed by atoms with E-state index in [9.17, 15) is 0 Å². The van der Waals surface area contributed by atoms with Crippen molar-refractivity contribution in [1.29, 1.82) is 0 Å². The van der Waals surface area contributed by atoms with Gasteiger partial charge in [0.25, 0.3) is 0 Å². The summed E-state index contributed by atoms with van der Waals surface area (Å²) in [6, 6.07) is 0. The molecule has 20 nitrogen and oxygen atoms in total. The van der Waals surface area contributed by atoms with E-state index >= 15 is 0 Å². The van der Waals surface area contributed by atoms with Crippen molar-refractivity contribution in [2.75, 3.05) is 0 Å². The van der Waals surface area contributed by atoms with Crippen LogP contribution in [0.2, 0.25) is 0 Å². The molecule has 0 heterocycles. The molecule has 0 atom stereocenters. The Morgan fingerprint density at radius 1 is 0.276 bits per heavy atom. The van der Waals surface area contributed by atoms with Crippen LogP contribution in [0.25, 0.3) is 0 Å². The summed E-state index contributed by atoms with van der Waals surface area (Å²) in [4.78, 5) is 0. The quantitative estimate of drug-likeness (QED) is 0.123. The second-order valence-electron chi connectivity index (χ2n) is 2.04. The first-order valence-electron chi connectivity index (χ1n) is 3.33. The Labute approximate surface area is 283 Å². The molecule has 29 heteroatoms. The van der Waals surface area contributed by atoms with Crippen LogP contribution in [0.1, 0.15) is 0 Å². The molecule has 0 aromatic carbocycles. The normalized spacial score (nSPS) is 10.0. The smallest absolute Gasteiger partial charge is 0.759 e. The molecule has 0 bridgehead atoms. The molecule has 0 fully saturated rings. The minimum atomic E-state index is -5.17. The van der Waals surface area contributed by atoms with Gasteiger partial charge in [-0.15, -0.1) is 0 Å². The minimum Gasteiger partial charge on any atom is -0.759 e. The zero-order valence-corrected chi connectivity index (χ0v) is 32.4. The first-order chi connectivity index (χ1) is 10.0. The molecule has 0 spiro atoms. The van der Waals surface area contributed by atoms with Crippen LogP contribution in [0.5, 0.6) is 0 Å². The van der Waals surface area contributed by atoms with E-state index in [4.69, 9.17) is 87.6 Å². The topological polar surface area (TPSA) is 401 Å². The second-order valence-corrected chi connectivity index (χ2v) is 6.12. The van der Waals surface area contributed by atoms with E-state index in [1.165, 1.54) is 0 Å². The van der Waals surface area contributed by atoms with Crippen molar-refractivity contribution >= 4 is 202 Å². The summed E-state index contributed by atoms with van der Waals surface area (Å²) >= 11 is 0. The second kappa shape index (κ2) is 26.9. The van der Waals surface area contributed by atoms with Crippen LogP contribution in [-0.4, -0.2) is 238 Å². The van der Waals surface area contributed by atoms with Crippen molar-refractivity contribution < 1.29 is 87.6 Å². The molecule has 0 aliphatic heterocycles. The van der Waals surface area contributed by atoms with Gasteiger partial charge in [-0.2, -0.15) is 0 Å². The molecule has 0 unspecified atom stereocenters. The van der Waals surface area contributed by atoms with E-state index in [1.807, 2.05) is 0 Å². The molecular weight excluding hydrogens is 1170 g/mol. The third kappa shape index (κ3) is 1630. The Morgan fingerprint density at radius 3 is 0.276 bits per heavy atom. The predicted molar refractivity (Wildman–Crippen MR) is 75.4 cm³/mol. The van der Waals surface area contributed by atoms with Gasteiger partial charge in [0.15, 0.2) is 0 Å². The minimum absolute atomic E-state index is 0. The van der Waals surface area contributed by atoms with Gasteiger partial charge in [-0.1, -0.05) is 0 Å². The Kier molecular flexibility index (Phi) is 54.5. The molecule has 0 amide bonds. The number of rotatable bonds is 0. The average molecular weight is 1170 g/mol. The van der Waals surface area contributed by atoms with Gasteiger partial charge >= 0.3 is 150 Å². The molecule has 0 N–H and O–H groups in total. The molecule has 0 saturated heterocycles. The summed E-state index contributed by atoms with van der Waals surface area (Å²) in [5.41, 5.74) is 0. The molecule has 0 aromatic heterocycles. The molecule has 29 heavy (non-hydrogen) atoms. The fourth-order valence-corrected chi connectivity index (χ4v) is 0. The Bertz CT molecular complexity index is 629. The van der Waals surface area contributed by atoms with Crippen LogP contribution in [-0.2, 0) is 52.0 Å². The van der Waals surface area contributed by atoms with E-state index in [2.05, 4.69) is 0 Å². The van der Waals surface area contributed by atoms with Crippen molar-refractivity contribution in [3.63, 3.8) is 0 Å². The fourth-order valence-electron chi connectivity index (χ4n) is 0. The Hall–Kier alpha value is 4.26. The molecule has 0 aliphatic rings. The fraction of sp³-hybridized carbons (Fsp3) is 0. The SMILES string of the molecule is O=S(=O)([O-])[O-].O=S(=O)([O-])[O-].O=S(=O)([O-])[O-].O=S(=O)([O-])[O-].O=S(=O)([O-])[O-].[Ba+2].[Ba+2].[Bi+3].[Bi+3]. The maximum Gasteiger partial charge on any atom is 3.00 e. The molecule has 0 aromatic rings. The van der Waals surface area contributed by atoms with E-state index in [0.29, 0.717) is 0 Å². The van der Waals surface area contributed by atoms with Gasteiger partial charge in [0.05, 0.1) is 0 Å². The van der Waals surface area contributed by atoms with Crippen LogP contribution in [0.4, 0.5) is 0 Å². The molecule has 164 valence electrons.